The first-order valence-corrected chi connectivity index (χ1v) is 10.6. The van der Waals surface area contributed by atoms with Gasteiger partial charge in [-0.05, 0) is 38.5 Å². The summed E-state index contributed by atoms with van der Waals surface area (Å²) in [5.41, 5.74) is 0. The van der Waals surface area contributed by atoms with Gasteiger partial charge in [0.1, 0.15) is 0 Å². The van der Waals surface area contributed by atoms with Crippen molar-refractivity contribution < 1.29 is 9.53 Å². The van der Waals surface area contributed by atoms with Gasteiger partial charge in [0, 0.05) is 6.42 Å². The first-order valence-electron chi connectivity index (χ1n) is 10.6. The van der Waals surface area contributed by atoms with E-state index in [1.54, 1.807) is 0 Å². The average Bonchev–Trinajstić information content (AvgIpc) is 2.58. The number of carbonyl (C=O) groups is 1. The van der Waals surface area contributed by atoms with Crippen LogP contribution in [-0.4, -0.2) is 12.6 Å². The zero-order valence-electron chi connectivity index (χ0n) is 16.5. The molecule has 0 fully saturated rings. The molecule has 24 heavy (non-hydrogen) atoms. The second kappa shape index (κ2) is 20.3. The molecule has 0 aromatic heterocycles. The zero-order valence-corrected chi connectivity index (χ0v) is 16.5. The molecule has 2 nitrogen and oxygen atoms in total. The van der Waals surface area contributed by atoms with E-state index >= 15 is 0 Å². The average molecular weight is 339 g/mol. The van der Waals surface area contributed by atoms with Gasteiger partial charge in [0.25, 0.3) is 0 Å². The van der Waals surface area contributed by atoms with Crippen LogP contribution in [0.4, 0.5) is 0 Å². The number of carbonyl (C=O) groups excluding carboxylic acids is 1. The summed E-state index contributed by atoms with van der Waals surface area (Å²) in [5, 5.41) is 0. The third-order valence-electron chi connectivity index (χ3n) is 4.40. The van der Waals surface area contributed by atoms with E-state index in [0.29, 0.717) is 13.0 Å². The molecule has 0 aromatic rings. The van der Waals surface area contributed by atoms with Gasteiger partial charge in [-0.3, -0.25) is 4.79 Å². The highest BCUT2D eigenvalue weighted by atomic mass is 16.5. The van der Waals surface area contributed by atoms with Crippen molar-refractivity contribution in [2.75, 3.05) is 6.61 Å². The summed E-state index contributed by atoms with van der Waals surface area (Å²) in [6, 6.07) is 0. The molecule has 0 bridgehead atoms. The molecule has 0 amide bonds. The predicted octanol–water partition coefficient (Wildman–Crippen LogP) is 7.37. The largest absolute Gasteiger partial charge is 0.466 e. The number of unbranched alkanes of at least 4 members (excludes halogenated alkanes) is 12. The Hall–Kier alpha value is -0.790. The summed E-state index contributed by atoms with van der Waals surface area (Å²) in [6.45, 7) is 4.97. The highest BCUT2D eigenvalue weighted by Crippen LogP contribution is 2.11. The normalized spacial score (nSPS) is 11.2. The SMILES string of the molecule is CCCCCC=CCCCCCCCCCCC(=O)OCCCC. The number of hydrogen-bond donors (Lipinski definition) is 0. The minimum Gasteiger partial charge on any atom is -0.466 e. The van der Waals surface area contributed by atoms with Crippen LogP contribution in [0, 0.1) is 0 Å². The maximum atomic E-state index is 11.4. The van der Waals surface area contributed by atoms with Crippen LogP contribution in [0.1, 0.15) is 117 Å². The van der Waals surface area contributed by atoms with E-state index in [2.05, 4.69) is 26.0 Å². The van der Waals surface area contributed by atoms with Gasteiger partial charge in [-0.25, -0.2) is 0 Å². The fourth-order valence-electron chi connectivity index (χ4n) is 2.74. The highest BCUT2D eigenvalue weighted by molar-refractivity contribution is 5.69. The van der Waals surface area contributed by atoms with Crippen LogP contribution in [0.25, 0.3) is 0 Å². The van der Waals surface area contributed by atoms with Gasteiger partial charge in [-0.2, -0.15) is 0 Å². The molecule has 0 radical (unpaired) electrons. The molecule has 0 aromatic carbocycles. The van der Waals surface area contributed by atoms with E-state index in [1.807, 2.05) is 0 Å². The van der Waals surface area contributed by atoms with Gasteiger partial charge >= 0.3 is 5.97 Å². The summed E-state index contributed by atoms with van der Waals surface area (Å²) in [6.07, 6.45) is 24.1. The lowest BCUT2D eigenvalue weighted by molar-refractivity contribution is -0.143. The zero-order chi connectivity index (χ0) is 17.7. The predicted molar refractivity (Wildman–Crippen MR) is 105 cm³/mol. The van der Waals surface area contributed by atoms with Crippen molar-refractivity contribution in [3.8, 4) is 0 Å². The van der Waals surface area contributed by atoms with Crippen molar-refractivity contribution in [2.45, 2.75) is 117 Å². The molecular weight excluding hydrogens is 296 g/mol. The van der Waals surface area contributed by atoms with Gasteiger partial charge < -0.3 is 4.74 Å². The second-order valence-electron chi connectivity index (χ2n) is 6.91. The molecule has 142 valence electrons. The third kappa shape index (κ3) is 19.3. The van der Waals surface area contributed by atoms with Crippen LogP contribution < -0.4 is 0 Å². The van der Waals surface area contributed by atoms with E-state index in [1.165, 1.54) is 77.0 Å². The first kappa shape index (κ1) is 23.2. The van der Waals surface area contributed by atoms with E-state index in [-0.39, 0.29) is 5.97 Å². The number of hydrogen-bond acceptors (Lipinski definition) is 2. The van der Waals surface area contributed by atoms with E-state index < -0.39 is 0 Å². The Morgan fingerprint density at radius 2 is 1.17 bits per heavy atom. The van der Waals surface area contributed by atoms with Crippen LogP contribution in [0.5, 0.6) is 0 Å². The first-order chi connectivity index (χ1) is 11.8. The Morgan fingerprint density at radius 3 is 1.75 bits per heavy atom. The summed E-state index contributed by atoms with van der Waals surface area (Å²) < 4.78 is 5.16. The Morgan fingerprint density at radius 1 is 0.667 bits per heavy atom. The summed E-state index contributed by atoms with van der Waals surface area (Å²) in [7, 11) is 0. The van der Waals surface area contributed by atoms with E-state index in [0.717, 1.165) is 19.3 Å². The van der Waals surface area contributed by atoms with Gasteiger partial charge in [0.15, 0.2) is 0 Å². The topological polar surface area (TPSA) is 26.3 Å². The van der Waals surface area contributed by atoms with Crippen LogP contribution in [0.2, 0.25) is 0 Å². The van der Waals surface area contributed by atoms with Crippen LogP contribution in [-0.2, 0) is 9.53 Å². The lowest BCUT2D eigenvalue weighted by Crippen LogP contribution is -2.05. The Balaban J connectivity index is 3.13. The number of allylic oxidation sites excluding steroid dienone is 2. The Kier molecular flexibility index (Phi) is 19.6. The minimum atomic E-state index is -0.00815. The number of esters is 1. The Bertz CT molecular complexity index is 284. The highest BCUT2D eigenvalue weighted by Gasteiger charge is 2.01. The minimum absolute atomic E-state index is 0.00815. The lowest BCUT2D eigenvalue weighted by atomic mass is 10.1. The molecule has 0 aliphatic carbocycles. The molecule has 2 heteroatoms. The van der Waals surface area contributed by atoms with Crippen molar-refractivity contribution in [1.82, 2.24) is 0 Å². The number of rotatable bonds is 18. The van der Waals surface area contributed by atoms with Crippen molar-refractivity contribution in [3.63, 3.8) is 0 Å². The van der Waals surface area contributed by atoms with E-state index in [9.17, 15) is 4.79 Å². The third-order valence-corrected chi connectivity index (χ3v) is 4.40. The quantitative estimate of drug-likeness (QED) is 0.148. The second-order valence-corrected chi connectivity index (χ2v) is 6.91. The molecule has 0 N–H and O–H groups in total. The molecule has 0 spiro atoms. The van der Waals surface area contributed by atoms with Gasteiger partial charge in [0.05, 0.1) is 6.61 Å². The molecule has 0 atom stereocenters. The van der Waals surface area contributed by atoms with Crippen molar-refractivity contribution >= 4 is 5.97 Å². The summed E-state index contributed by atoms with van der Waals surface area (Å²) >= 11 is 0. The van der Waals surface area contributed by atoms with Crippen molar-refractivity contribution in [2.24, 2.45) is 0 Å². The summed E-state index contributed by atoms with van der Waals surface area (Å²) in [4.78, 5) is 11.4. The van der Waals surface area contributed by atoms with Gasteiger partial charge in [-0.15, -0.1) is 0 Å². The molecule has 0 aliphatic rings. The molecular formula is C22H42O2. The van der Waals surface area contributed by atoms with Crippen LogP contribution in [0.3, 0.4) is 0 Å². The Labute approximate surface area is 151 Å². The maximum absolute atomic E-state index is 11.4. The number of ether oxygens (including phenoxy) is 1. The molecule has 0 saturated heterocycles. The molecule has 0 saturated carbocycles. The van der Waals surface area contributed by atoms with Gasteiger partial charge in [-0.1, -0.05) is 83.8 Å². The van der Waals surface area contributed by atoms with Crippen molar-refractivity contribution in [3.05, 3.63) is 12.2 Å². The van der Waals surface area contributed by atoms with Crippen molar-refractivity contribution in [1.29, 1.82) is 0 Å². The van der Waals surface area contributed by atoms with Crippen LogP contribution >= 0.6 is 0 Å². The summed E-state index contributed by atoms with van der Waals surface area (Å²) in [5.74, 6) is -0.00815. The monoisotopic (exact) mass is 338 g/mol. The lowest BCUT2D eigenvalue weighted by Gasteiger charge is -2.04. The standard InChI is InChI=1S/C22H42O2/c1-3-5-7-8-9-10-11-12-13-14-15-16-17-18-19-20-22(23)24-21-6-4-2/h9-10H,3-8,11-21H2,1-2H3. The molecule has 0 aliphatic heterocycles. The maximum Gasteiger partial charge on any atom is 0.305 e. The van der Waals surface area contributed by atoms with E-state index in [4.69, 9.17) is 4.74 Å². The fourth-order valence-corrected chi connectivity index (χ4v) is 2.74. The fraction of sp³-hybridized carbons (Fsp3) is 0.864. The van der Waals surface area contributed by atoms with Gasteiger partial charge in [0.2, 0.25) is 0 Å². The molecule has 0 rings (SSSR count). The molecule has 0 unspecified atom stereocenters. The molecule has 0 heterocycles. The smallest absolute Gasteiger partial charge is 0.305 e. The van der Waals surface area contributed by atoms with Crippen LogP contribution in [0.15, 0.2) is 12.2 Å².